The standard InChI is InChI=1S/C16H16N6O3S/c1-4-9-21-11(3)17-20-16(21)26-10(2)14-18-19-15(25-14)12-5-7-13(8-6-12)22(23)24/h4-8,10H,1,9H2,2-3H3/t10-/m0/s1. The maximum atomic E-state index is 10.7. The Morgan fingerprint density at radius 1 is 1.31 bits per heavy atom. The fourth-order valence-electron chi connectivity index (χ4n) is 2.24. The lowest BCUT2D eigenvalue weighted by Crippen LogP contribution is -2.01. The first-order valence-corrected chi connectivity index (χ1v) is 8.63. The van der Waals surface area contributed by atoms with Crippen LogP contribution in [0.25, 0.3) is 11.5 Å². The van der Waals surface area contributed by atoms with Crippen molar-refractivity contribution in [2.45, 2.75) is 30.8 Å². The number of aryl methyl sites for hydroxylation is 1. The van der Waals surface area contributed by atoms with Gasteiger partial charge in [0.2, 0.25) is 11.8 Å². The number of allylic oxidation sites excluding steroid dienone is 1. The molecule has 0 unspecified atom stereocenters. The number of nitrogens with zero attached hydrogens (tertiary/aromatic N) is 6. The molecule has 2 heterocycles. The molecule has 1 aromatic carbocycles. The highest BCUT2D eigenvalue weighted by Gasteiger charge is 2.20. The molecule has 1 atom stereocenters. The first-order valence-electron chi connectivity index (χ1n) is 7.75. The molecule has 0 bridgehead atoms. The fraction of sp³-hybridized carbons (Fsp3) is 0.250. The van der Waals surface area contributed by atoms with Gasteiger partial charge in [0.05, 0.1) is 10.2 Å². The van der Waals surface area contributed by atoms with Crippen LogP contribution in [0.5, 0.6) is 0 Å². The van der Waals surface area contributed by atoms with Gasteiger partial charge in [-0.1, -0.05) is 17.8 Å². The van der Waals surface area contributed by atoms with Gasteiger partial charge in [0.25, 0.3) is 5.69 Å². The lowest BCUT2D eigenvalue weighted by Gasteiger charge is -2.08. The number of nitro benzene ring substituents is 1. The van der Waals surface area contributed by atoms with Crippen LogP contribution in [0.2, 0.25) is 0 Å². The first-order chi connectivity index (χ1) is 12.5. The summed E-state index contributed by atoms with van der Waals surface area (Å²) in [6.07, 6.45) is 1.78. The highest BCUT2D eigenvalue weighted by Crippen LogP contribution is 2.34. The molecule has 3 rings (SSSR count). The Bertz CT molecular complexity index is 934. The number of hydrogen-bond acceptors (Lipinski definition) is 8. The lowest BCUT2D eigenvalue weighted by molar-refractivity contribution is -0.384. The van der Waals surface area contributed by atoms with Crippen LogP contribution < -0.4 is 0 Å². The monoisotopic (exact) mass is 372 g/mol. The molecule has 0 fully saturated rings. The molecule has 0 radical (unpaired) electrons. The van der Waals surface area contributed by atoms with E-state index in [0.717, 1.165) is 11.0 Å². The summed E-state index contributed by atoms with van der Waals surface area (Å²) in [5, 5.41) is 27.7. The zero-order chi connectivity index (χ0) is 18.7. The van der Waals surface area contributed by atoms with Crippen LogP contribution in [0.15, 0.2) is 46.5 Å². The van der Waals surface area contributed by atoms with Crippen molar-refractivity contribution in [2.75, 3.05) is 0 Å². The molecule has 0 saturated heterocycles. The van der Waals surface area contributed by atoms with Gasteiger partial charge in [-0.3, -0.25) is 10.1 Å². The molecule has 9 nitrogen and oxygen atoms in total. The number of nitro groups is 1. The third-order valence-corrected chi connectivity index (χ3v) is 4.68. The van der Waals surface area contributed by atoms with Crippen molar-refractivity contribution in [2.24, 2.45) is 0 Å². The van der Waals surface area contributed by atoms with Crippen LogP contribution in [0.4, 0.5) is 5.69 Å². The second kappa shape index (κ2) is 7.48. The largest absolute Gasteiger partial charge is 0.419 e. The van der Waals surface area contributed by atoms with Gasteiger partial charge in [0.15, 0.2) is 5.16 Å². The van der Waals surface area contributed by atoms with E-state index in [9.17, 15) is 10.1 Å². The second-order valence-electron chi connectivity index (χ2n) is 5.44. The molecule has 0 N–H and O–H groups in total. The Kier molecular flexibility index (Phi) is 5.12. The number of hydrogen-bond donors (Lipinski definition) is 0. The minimum Gasteiger partial charge on any atom is -0.419 e. The summed E-state index contributed by atoms with van der Waals surface area (Å²) < 4.78 is 7.67. The molecular weight excluding hydrogens is 356 g/mol. The second-order valence-corrected chi connectivity index (χ2v) is 6.75. The van der Waals surface area contributed by atoms with E-state index in [1.54, 1.807) is 18.2 Å². The molecule has 10 heteroatoms. The molecular formula is C16H16N6O3S. The van der Waals surface area contributed by atoms with E-state index in [1.165, 1.54) is 23.9 Å². The van der Waals surface area contributed by atoms with Crippen molar-refractivity contribution in [3.63, 3.8) is 0 Å². The van der Waals surface area contributed by atoms with Gasteiger partial charge in [-0.25, -0.2) is 0 Å². The molecule has 2 aromatic heterocycles. The lowest BCUT2D eigenvalue weighted by atomic mass is 10.2. The first kappa shape index (κ1) is 17.8. The van der Waals surface area contributed by atoms with Gasteiger partial charge in [0.1, 0.15) is 5.82 Å². The molecule has 0 aliphatic rings. The van der Waals surface area contributed by atoms with Crippen LogP contribution in [-0.4, -0.2) is 29.9 Å². The van der Waals surface area contributed by atoms with Crippen molar-refractivity contribution < 1.29 is 9.34 Å². The summed E-state index contributed by atoms with van der Waals surface area (Å²) in [4.78, 5) is 10.3. The number of thioether (sulfide) groups is 1. The van der Waals surface area contributed by atoms with E-state index >= 15 is 0 Å². The van der Waals surface area contributed by atoms with E-state index in [2.05, 4.69) is 27.0 Å². The SMILES string of the molecule is C=CCn1c(C)nnc1S[C@@H](C)c1nnc(-c2ccc([N+](=O)[O-])cc2)o1. The van der Waals surface area contributed by atoms with E-state index in [4.69, 9.17) is 4.42 Å². The maximum absolute atomic E-state index is 10.7. The summed E-state index contributed by atoms with van der Waals surface area (Å²) in [5.74, 6) is 1.55. The minimum absolute atomic E-state index is 0.00865. The van der Waals surface area contributed by atoms with Crippen molar-refractivity contribution in [1.29, 1.82) is 0 Å². The van der Waals surface area contributed by atoms with Crippen molar-refractivity contribution in [3.05, 3.63) is 58.7 Å². The Morgan fingerprint density at radius 3 is 2.69 bits per heavy atom. The highest BCUT2D eigenvalue weighted by atomic mass is 32.2. The fourth-order valence-corrected chi connectivity index (χ4v) is 3.17. The van der Waals surface area contributed by atoms with E-state index in [-0.39, 0.29) is 10.9 Å². The molecule has 3 aromatic rings. The highest BCUT2D eigenvalue weighted by molar-refractivity contribution is 7.99. The van der Waals surface area contributed by atoms with Crippen molar-refractivity contribution in [3.8, 4) is 11.5 Å². The molecule has 0 saturated carbocycles. The van der Waals surface area contributed by atoms with Crippen LogP contribution in [0.1, 0.15) is 23.9 Å². The summed E-state index contributed by atoms with van der Waals surface area (Å²) in [6, 6.07) is 5.96. The van der Waals surface area contributed by atoms with Gasteiger partial charge in [-0.2, -0.15) is 0 Å². The third kappa shape index (κ3) is 3.64. The van der Waals surface area contributed by atoms with Crippen molar-refractivity contribution in [1.82, 2.24) is 25.0 Å². The Balaban J connectivity index is 1.77. The van der Waals surface area contributed by atoms with Crippen LogP contribution in [0.3, 0.4) is 0 Å². The number of rotatable bonds is 7. The van der Waals surface area contributed by atoms with E-state index in [0.29, 0.717) is 23.9 Å². The number of non-ortho nitro benzene ring substituents is 1. The normalized spacial score (nSPS) is 12.1. The average Bonchev–Trinajstić information content (AvgIpc) is 3.25. The number of benzene rings is 1. The summed E-state index contributed by atoms with van der Waals surface area (Å²) in [7, 11) is 0. The Morgan fingerprint density at radius 2 is 2.04 bits per heavy atom. The van der Waals surface area contributed by atoms with Gasteiger partial charge in [0, 0.05) is 24.2 Å². The average molecular weight is 372 g/mol. The number of aromatic nitrogens is 5. The molecule has 26 heavy (non-hydrogen) atoms. The Labute approximate surface area is 153 Å². The summed E-state index contributed by atoms with van der Waals surface area (Å²) in [6.45, 7) is 8.17. The smallest absolute Gasteiger partial charge is 0.269 e. The van der Waals surface area contributed by atoms with Gasteiger partial charge in [-0.05, 0) is 26.0 Å². The van der Waals surface area contributed by atoms with Gasteiger partial charge < -0.3 is 8.98 Å². The van der Waals surface area contributed by atoms with E-state index in [1.807, 2.05) is 18.4 Å². The Hall–Kier alpha value is -3.01. The quantitative estimate of drug-likeness (QED) is 0.268. The molecule has 0 amide bonds. The topological polar surface area (TPSA) is 113 Å². The van der Waals surface area contributed by atoms with Crippen LogP contribution in [-0.2, 0) is 6.54 Å². The van der Waals surface area contributed by atoms with Gasteiger partial charge >= 0.3 is 0 Å². The van der Waals surface area contributed by atoms with Crippen LogP contribution >= 0.6 is 11.8 Å². The molecule has 134 valence electrons. The van der Waals surface area contributed by atoms with Crippen LogP contribution in [0, 0.1) is 17.0 Å². The molecule has 0 aliphatic carbocycles. The predicted molar refractivity (Wildman–Crippen MR) is 95.6 cm³/mol. The van der Waals surface area contributed by atoms with Gasteiger partial charge in [-0.15, -0.1) is 27.0 Å². The van der Waals surface area contributed by atoms with E-state index < -0.39 is 4.92 Å². The maximum Gasteiger partial charge on any atom is 0.269 e. The summed E-state index contributed by atoms with van der Waals surface area (Å²) in [5.41, 5.74) is 0.631. The van der Waals surface area contributed by atoms with Crippen molar-refractivity contribution >= 4 is 17.4 Å². The minimum atomic E-state index is -0.455. The molecule has 0 spiro atoms. The predicted octanol–water partition coefficient (Wildman–Crippen LogP) is 3.58. The summed E-state index contributed by atoms with van der Waals surface area (Å²) >= 11 is 1.45. The zero-order valence-corrected chi connectivity index (χ0v) is 15.0. The third-order valence-electron chi connectivity index (χ3n) is 3.61. The zero-order valence-electron chi connectivity index (χ0n) is 14.2. The molecule has 0 aliphatic heterocycles.